The van der Waals surface area contributed by atoms with E-state index in [1.807, 2.05) is 66.7 Å². The van der Waals surface area contributed by atoms with Gasteiger partial charge in [-0.05, 0) is 48.4 Å². The third-order valence-electron chi connectivity index (χ3n) is 5.47. The largest absolute Gasteiger partial charge is 0.327 e. The molecule has 0 bridgehead atoms. The Bertz CT molecular complexity index is 1010. The highest BCUT2D eigenvalue weighted by Crippen LogP contribution is 2.26. The van der Waals surface area contributed by atoms with E-state index in [4.69, 9.17) is 0 Å². The average molecular weight is 372 g/mol. The Labute approximate surface area is 165 Å². The van der Waals surface area contributed by atoms with Crippen molar-refractivity contribution in [1.82, 2.24) is 4.90 Å². The Morgan fingerprint density at radius 1 is 1.00 bits per heavy atom. The molecule has 1 N–H and O–H groups in total. The maximum absolute atomic E-state index is 13.0. The zero-order chi connectivity index (χ0) is 19.5. The second-order valence-electron chi connectivity index (χ2n) is 7.22. The molecular formula is C24H24N2O2. The molecule has 1 aliphatic rings. The number of rotatable bonds is 4. The summed E-state index contributed by atoms with van der Waals surface area (Å²) in [6, 6.07) is 21.1. The molecule has 4 heteroatoms. The summed E-state index contributed by atoms with van der Waals surface area (Å²) in [7, 11) is 0. The van der Waals surface area contributed by atoms with E-state index >= 15 is 0 Å². The summed E-state index contributed by atoms with van der Waals surface area (Å²) in [5.41, 5.74) is 2.62. The number of carbonyl (C=O) groups excluding carboxylic acids is 2. The Morgan fingerprint density at radius 3 is 2.54 bits per heavy atom. The molecule has 1 atom stereocenters. The van der Waals surface area contributed by atoms with Crippen molar-refractivity contribution in [2.24, 2.45) is 0 Å². The number of benzene rings is 3. The van der Waals surface area contributed by atoms with Crippen LogP contribution in [0.25, 0.3) is 10.8 Å². The van der Waals surface area contributed by atoms with E-state index in [9.17, 15) is 9.59 Å². The van der Waals surface area contributed by atoms with Crippen molar-refractivity contribution in [3.05, 3.63) is 77.9 Å². The molecule has 3 aromatic carbocycles. The Balaban J connectivity index is 1.53. The molecule has 4 nitrogen and oxygen atoms in total. The number of nitrogens with one attached hydrogen (secondary N) is 1. The lowest BCUT2D eigenvalue weighted by Gasteiger charge is -2.24. The Kier molecular flexibility index (Phi) is 5.11. The monoisotopic (exact) mass is 372 g/mol. The SMILES string of the molecule is CCc1ccc(C(=O)N2CCC[C@H]2C(=O)Nc2cccc3ccccc23)cc1. The van der Waals surface area contributed by atoms with E-state index in [2.05, 4.69) is 12.2 Å². The maximum Gasteiger partial charge on any atom is 0.254 e. The van der Waals surface area contributed by atoms with Gasteiger partial charge >= 0.3 is 0 Å². The number of aryl methyl sites for hydroxylation is 1. The molecule has 1 fully saturated rings. The van der Waals surface area contributed by atoms with Gasteiger partial charge in [-0.1, -0.05) is 55.5 Å². The third-order valence-corrected chi connectivity index (χ3v) is 5.47. The van der Waals surface area contributed by atoms with E-state index in [0.717, 1.165) is 29.3 Å². The lowest BCUT2D eigenvalue weighted by molar-refractivity contribution is -0.119. The summed E-state index contributed by atoms with van der Waals surface area (Å²) in [5, 5.41) is 5.13. The molecule has 0 spiro atoms. The molecule has 3 aromatic rings. The van der Waals surface area contributed by atoms with Crippen LogP contribution in [0.1, 0.15) is 35.7 Å². The first-order valence-corrected chi connectivity index (χ1v) is 9.86. The number of hydrogen-bond acceptors (Lipinski definition) is 2. The predicted molar refractivity (Wildman–Crippen MR) is 112 cm³/mol. The van der Waals surface area contributed by atoms with Gasteiger partial charge in [0.2, 0.25) is 5.91 Å². The summed E-state index contributed by atoms with van der Waals surface area (Å²) in [6.07, 6.45) is 2.47. The topological polar surface area (TPSA) is 49.4 Å². The number of likely N-dealkylation sites (tertiary alicyclic amines) is 1. The molecule has 0 unspecified atom stereocenters. The molecule has 0 aliphatic carbocycles. The highest BCUT2D eigenvalue weighted by molar-refractivity contribution is 6.06. The van der Waals surface area contributed by atoms with Crippen LogP contribution < -0.4 is 5.32 Å². The van der Waals surface area contributed by atoms with Gasteiger partial charge in [-0.3, -0.25) is 9.59 Å². The summed E-state index contributed by atoms with van der Waals surface area (Å²) < 4.78 is 0. The molecular weight excluding hydrogens is 348 g/mol. The van der Waals surface area contributed by atoms with Gasteiger partial charge in [-0.25, -0.2) is 0 Å². The number of carbonyl (C=O) groups is 2. The van der Waals surface area contributed by atoms with Gasteiger partial charge in [0.15, 0.2) is 0 Å². The van der Waals surface area contributed by atoms with Crippen molar-refractivity contribution in [1.29, 1.82) is 0 Å². The number of anilines is 1. The molecule has 0 radical (unpaired) electrons. The highest BCUT2D eigenvalue weighted by Gasteiger charge is 2.34. The van der Waals surface area contributed by atoms with Gasteiger partial charge in [0.1, 0.15) is 6.04 Å². The van der Waals surface area contributed by atoms with Gasteiger partial charge in [0.05, 0.1) is 0 Å². The fourth-order valence-electron chi connectivity index (χ4n) is 3.88. The minimum absolute atomic E-state index is 0.0711. The fourth-order valence-corrected chi connectivity index (χ4v) is 3.88. The van der Waals surface area contributed by atoms with Crippen molar-refractivity contribution in [2.45, 2.75) is 32.2 Å². The molecule has 142 valence electrons. The lowest BCUT2D eigenvalue weighted by Crippen LogP contribution is -2.43. The molecule has 2 amide bonds. The van der Waals surface area contributed by atoms with Crippen molar-refractivity contribution in [2.75, 3.05) is 11.9 Å². The minimum Gasteiger partial charge on any atom is -0.327 e. The molecule has 4 rings (SSSR count). The molecule has 1 aliphatic heterocycles. The van der Waals surface area contributed by atoms with E-state index in [0.29, 0.717) is 18.5 Å². The van der Waals surface area contributed by atoms with E-state index in [1.54, 1.807) is 4.90 Å². The molecule has 28 heavy (non-hydrogen) atoms. The van der Waals surface area contributed by atoms with Crippen LogP contribution in [0.15, 0.2) is 66.7 Å². The van der Waals surface area contributed by atoms with Crippen molar-refractivity contribution < 1.29 is 9.59 Å². The summed E-state index contributed by atoms with van der Waals surface area (Å²) >= 11 is 0. The van der Waals surface area contributed by atoms with Crippen LogP contribution in [0, 0.1) is 0 Å². The van der Waals surface area contributed by atoms with Gasteiger partial charge in [-0.15, -0.1) is 0 Å². The zero-order valence-corrected chi connectivity index (χ0v) is 16.0. The van der Waals surface area contributed by atoms with Gasteiger partial charge in [0.25, 0.3) is 5.91 Å². The predicted octanol–water partition coefficient (Wildman–Crippen LogP) is 4.65. The lowest BCUT2D eigenvalue weighted by atomic mass is 10.1. The number of hydrogen-bond donors (Lipinski definition) is 1. The first-order chi connectivity index (χ1) is 13.7. The quantitative estimate of drug-likeness (QED) is 0.725. The van der Waals surface area contributed by atoms with Crippen LogP contribution in [0.2, 0.25) is 0 Å². The van der Waals surface area contributed by atoms with Crippen molar-refractivity contribution >= 4 is 28.3 Å². The smallest absolute Gasteiger partial charge is 0.254 e. The maximum atomic E-state index is 13.0. The van der Waals surface area contributed by atoms with Crippen LogP contribution in [0.3, 0.4) is 0 Å². The Hall–Kier alpha value is -3.14. The van der Waals surface area contributed by atoms with Crippen molar-refractivity contribution in [3.8, 4) is 0 Å². The number of nitrogens with zero attached hydrogens (tertiary/aromatic N) is 1. The molecule has 1 saturated heterocycles. The highest BCUT2D eigenvalue weighted by atomic mass is 16.2. The third kappa shape index (κ3) is 3.50. The van der Waals surface area contributed by atoms with Crippen LogP contribution >= 0.6 is 0 Å². The summed E-state index contributed by atoms with van der Waals surface area (Å²) in [4.78, 5) is 27.7. The normalized spacial score (nSPS) is 16.3. The number of fused-ring (bicyclic) bond motifs is 1. The molecule has 0 saturated carbocycles. The van der Waals surface area contributed by atoms with Crippen LogP contribution in [-0.2, 0) is 11.2 Å². The summed E-state index contributed by atoms with van der Waals surface area (Å²) in [5.74, 6) is -0.189. The molecule has 0 aromatic heterocycles. The van der Waals surface area contributed by atoms with Gasteiger partial charge < -0.3 is 10.2 Å². The average Bonchev–Trinajstić information content (AvgIpc) is 3.23. The standard InChI is InChI=1S/C24H24N2O2/c1-2-17-12-14-19(15-13-17)24(28)26-16-6-11-22(26)23(27)25-21-10-5-8-18-7-3-4-9-20(18)21/h3-5,7-10,12-15,22H,2,6,11,16H2,1H3,(H,25,27)/t22-/m0/s1. The number of amides is 2. The second kappa shape index (κ2) is 7.85. The molecule has 1 heterocycles. The van der Waals surface area contributed by atoms with E-state index in [-0.39, 0.29) is 11.8 Å². The van der Waals surface area contributed by atoms with Crippen LogP contribution in [0.4, 0.5) is 5.69 Å². The van der Waals surface area contributed by atoms with E-state index < -0.39 is 6.04 Å². The van der Waals surface area contributed by atoms with Crippen LogP contribution in [-0.4, -0.2) is 29.3 Å². The van der Waals surface area contributed by atoms with Crippen LogP contribution in [0.5, 0.6) is 0 Å². The minimum atomic E-state index is -0.433. The fraction of sp³-hybridized carbons (Fsp3) is 0.250. The summed E-state index contributed by atoms with van der Waals surface area (Å²) in [6.45, 7) is 2.70. The van der Waals surface area contributed by atoms with E-state index in [1.165, 1.54) is 5.56 Å². The van der Waals surface area contributed by atoms with Crippen molar-refractivity contribution in [3.63, 3.8) is 0 Å². The second-order valence-corrected chi connectivity index (χ2v) is 7.22. The van der Waals surface area contributed by atoms with Gasteiger partial charge in [-0.2, -0.15) is 0 Å². The first-order valence-electron chi connectivity index (χ1n) is 9.86. The van der Waals surface area contributed by atoms with Gasteiger partial charge in [0, 0.05) is 23.2 Å². The Morgan fingerprint density at radius 2 is 1.75 bits per heavy atom. The first kappa shape index (κ1) is 18.2. The zero-order valence-electron chi connectivity index (χ0n) is 16.0.